The molecule has 2 nitrogen and oxygen atoms in total. The fourth-order valence-corrected chi connectivity index (χ4v) is 0. The summed E-state index contributed by atoms with van der Waals surface area (Å²) in [6, 6.07) is 0. The summed E-state index contributed by atoms with van der Waals surface area (Å²) in [7, 11) is 0. The van der Waals surface area contributed by atoms with Crippen LogP contribution in [0.5, 0.6) is 0 Å². The van der Waals surface area contributed by atoms with Crippen LogP contribution in [-0.2, 0) is 12.5 Å². The van der Waals surface area contributed by atoms with Gasteiger partial charge in [0.15, 0.2) is 12.5 Å². The van der Waals surface area contributed by atoms with Gasteiger partial charge in [0.1, 0.15) is 0 Å². The molecule has 0 rings (SSSR count). The first-order valence-electron chi connectivity index (χ1n) is 0.167. The molecule has 0 bridgehead atoms. The Bertz CT molecular complexity index is 6.00. The van der Waals surface area contributed by atoms with Crippen molar-refractivity contribution in [1.82, 2.24) is 0 Å². The summed E-state index contributed by atoms with van der Waals surface area (Å²) < 4.78 is 7.83. The maximum Gasteiger partial charge on any atom is 1.00 e. The predicted octanol–water partition coefficient (Wildman–Crippen LogP) is -3.51. The average molecular weight is 104 g/mol. The predicted molar refractivity (Wildman–Crippen MR) is 10.1 cm³/mol. The Kier molecular flexibility index (Phi) is 101. The molecule has 4 heteroatoms. The second-order valence-electron chi connectivity index (χ2n) is 0. The van der Waals surface area contributed by atoms with E-state index >= 15 is 0 Å². The molecule has 0 unspecified atom stereocenters. The van der Waals surface area contributed by atoms with Gasteiger partial charge in [-0.15, -0.1) is 0 Å². The van der Waals surface area contributed by atoms with Gasteiger partial charge in [0.25, 0.3) is 0 Å². The van der Waals surface area contributed by atoms with E-state index in [2.05, 4.69) is 12.5 Å². The minimum absolute atomic E-state index is 0. The standard InChI is InChI=1S/K.OS.H2O/c;1-2;/h;;1H2/q+1;;/p-1. The van der Waals surface area contributed by atoms with Crippen molar-refractivity contribution in [2.45, 2.75) is 0 Å². The van der Waals surface area contributed by atoms with Crippen molar-refractivity contribution in [2.24, 2.45) is 0 Å². The zero-order valence-electron chi connectivity index (χ0n) is 2.26. The molecule has 0 aliphatic rings. The van der Waals surface area contributed by atoms with E-state index in [9.17, 15) is 0 Å². The molecule has 0 aromatic heterocycles. The van der Waals surface area contributed by atoms with Gasteiger partial charge in [-0.3, -0.25) is 0 Å². The van der Waals surface area contributed by atoms with Crippen LogP contribution in [-0.4, -0.2) is 9.69 Å². The first kappa shape index (κ1) is 17.5. The molecule has 0 aromatic rings. The molecule has 0 saturated heterocycles. The summed E-state index contributed by atoms with van der Waals surface area (Å²) in [5.41, 5.74) is 0. The van der Waals surface area contributed by atoms with Gasteiger partial charge in [0.2, 0.25) is 0 Å². The summed E-state index contributed by atoms with van der Waals surface area (Å²) in [4.78, 5) is 0. The Morgan fingerprint density at radius 1 is 1.25 bits per heavy atom. The summed E-state index contributed by atoms with van der Waals surface area (Å²) in [5, 5.41) is 0. The number of hydrogen-bond acceptors (Lipinski definition) is 3. The van der Waals surface area contributed by atoms with Crippen LogP contribution in [0.1, 0.15) is 0 Å². The molecule has 0 aromatic carbocycles. The van der Waals surface area contributed by atoms with Crippen LogP contribution in [0.15, 0.2) is 0 Å². The number of rotatable bonds is 0. The molecule has 1 N–H and O–H groups in total. The van der Waals surface area contributed by atoms with Gasteiger partial charge in [-0.2, -0.15) is 4.21 Å². The van der Waals surface area contributed by atoms with Gasteiger partial charge in [-0.05, 0) is 0 Å². The molecule has 0 spiro atoms. The van der Waals surface area contributed by atoms with E-state index in [1.54, 1.807) is 0 Å². The molecule has 0 saturated carbocycles. The second-order valence-corrected chi connectivity index (χ2v) is 0. The Hall–Kier alpha value is 1.62. The van der Waals surface area contributed by atoms with E-state index < -0.39 is 0 Å². The molecular weight excluding hydrogens is 103 g/mol. The molecule has 0 heterocycles. The first-order chi connectivity index (χ1) is 1.00. The fourth-order valence-electron chi connectivity index (χ4n) is 0. The molecule has 0 radical (unpaired) electrons. The van der Waals surface area contributed by atoms with E-state index in [4.69, 9.17) is 4.21 Å². The maximum absolute atomic E-state index is 7.83. The third-order valence-electron chi connectivity index (χ3n) is 0. The second kappa shape index (κ2) is 23.1. The first-order valence-corrected chi connectivity index (χ1v) is 0.500. The van der Waals surface area contributed by atoms with Crippen molar-refractivity contribution in [3.8, 4) is 0 Å². The zero-order chi connectivity index (χ0) is 2.00. The molecule has 0 fully saturated rings. The van der Waals surface area contributed by atoms with Crippen molar-refractivity contribution < 1.29 is 61.1 Å². The van der Waals surface area contributed by atoms with Crippen LogP contribution in [0.3, 0.4) is 0 Å². The maximum atomic E-state index is 7.83. The average Bonchev–Trinajstić information content (AvgIpc) is 1.00. The van der Waals surface area contributed by atoms with Crippen LogP contribution in [0.25, 0.3) is 0 Å². The van der Waals surface area contributed by atoms with Crippen molar-refractivity contribution in [3.05, 3.63) is 0 Å². The Morgan fingerprint density at radius 2 is 1.25 bits per heavy atom. The van der Waals surface area contributed by atoms with Crippen molar-refractivity contribution in [2.75, 3.05) is 0 Å². The van der Waals surface area contributed by atoms with Gasteiger partial charge in [-0.1, -0.05) is 0 Å². The number of hydrogen-bond donors (Lipinski definition) is 0. The van der Waals surface area contributed by atoms with Crippen LogP contribution in [0.4, 0.5) is 0 Å². The third kappa shape index (κ3) is 9.48. The quantitative estimate of drug-likeness (QED) is 0.299. The third-order valence-corrected chi connectivity index (χ3v) is 0. The van der Waals surface area contributed by atoms with Crippen LogP contribution in [0.2, 0.25) is 0 Å². The smallest absolute Gasteiger partial charge is 0.870 e. The van der Waals surface area contributed by atoms with E-state index in [0.29, 0.717) is 0 Å². The summed E-state index contributed by atoms with van der Waals surface area (Å²) in [6.45, 7) is 0. The molecule has 0 aliphatic carbocycles. The molecular formula is HKO2S. The van der Waals surface area contributed by atoms with Crippen molar-refractivity contribution in [3.63, 3.8) is 0 Å². The fraction of sp³-hybridized carbons (Fsp3) is 0. The van der Waals surface area contributed by atoms with Gasteiger partial charge in [-0.25, -0.2) is 0 Å². The molecule has 0 atom stereocenters. The topological polar surface area (TPSA) is 47.1 Å². The van der Waals surface area contributed by atoms with Gasteiger partial charge >= 0.3 is 51.4 Å². The van der Waals surface area contributed by atoms with Crippen molar-refractivity contribution in [1.29, 1.82) is 0 Å². The molecule has 4 heavy (non-hydrogen) atoms. The zero-order valence-corrected chi connectivity index (χ0v) is 6.20. The van der Waals surface area contributed by atoms with Crippen LogP contribution in [0, 0.1) is 0 Å². The van der Waals surface area contributed by atoms with E-state index in [-0.39, 0.29) is 56.9 Å². The minimum atomic E-state index is 0. The van der Waals surface area contributed by atoms with Crippen LogP contribution < -0.4 is 51.4 Å². The Morgan fingerprint density at radius 3 is 1.25 bits per heavy atom. The normalized spacial score (nSPS) is 1.00. The molecule has 0 amide bonds. The molecule has 0 aliphatic heterocycles. The van der Waals surface area contributed by atoms with Gasteiger partial charge in [0, 0.05) is 0 Å². The SMILES string of the molecule is O=S.[K+].[OH-]. The monoisotopic (exact) mass is 104 g/mol. The van der Waals surface area contributed by atoms with E-state index in [0.717, 1.165) is 0 Å². The Balaban J connectivity index is -0.00000000500. The van der Waals surface area contributed by atoms with Gasteiger partial charge in [0.05, 0.1) is 0 Å². The van der Waals surface area contributed by atoms with Crippen molar-refractivity contribution >= 4 is 12.5 Å². The summed E-state index contributed by atoms with van der Waals surface area (Å²) in [5.74, 6) is 0. The Labute approximate surface area is 72.2 Å². The summed E-state index contributed by atoms with van der Waals surface area (Å²) in [6.07, 6.45) is 0. The van der Waals surface area contributed by atoms with Crippen LogP contribution >= 0.6 is 0 Å². The summed E-state index contributed by atoms with van der Waals surface area (Å²) >= 11 is 2.83. The van der Waals surface area contributed by atoms with Gasteiger partial charge < -0.3 is 5.48 Å². The van der Waals surface area contributed by atoms with E-state index in [1.165, 1.54) is 0 Å². The minimum Gasteiger partial charge on any atom is -0.870 e. The molecule has 20 valence electrons. The largest absolute Gasteiger partial charge is 1.00 e. The van der Waals surface area contributed by atoms with E-state index in [1.807, 2.05) is 0 Å².